The van der Waals surface area contributed by atoms with E-state index in [1.165, 1.54) is 14.2 Å². The lowest BCUT2D eigenvalue weighted by Gasteiger charge is -2.61. The van der Waals surface area contributed by atoms with Crippen molar-refractivity contribution in [1.29, 1.82) is 0 Å². The number of methoxy groups -OCH3 is 2. The molecule has 6 heterocycles. The predicted molar refractivity (Wildman–Crippen MR) is 167 cm³/mol. The molecule has 46 heavy (non-hydrogen) atoms. The number of nitrogens with zero attached hydrogens (tertiary/aromatic N) is 6. The third-order valence-corrected chi connectivity index (χ3v) is 9.15. The molecule has 6 rings (SSSR count). The van der Waals surface area contributed by atoms with E-state index in [0.717, 1.165) is 11.4 Å². The molecule has 0 radical (unpaired) electrons. The number of hydrogen-bond donors (Lipinski definition) is 0. The summed E-state index contributed by atoms with van der Waals surface area (Å²) < 4.78 is 11.0. The molecule has 2 bridgehead atoms. The van der Waals surface area contributed by atoms with Gasteiger partial charge in [-0.15, -0.1) is 0 Å². The molecular weight excluding hydrogens is 584 g/mol. The number of ketones is 1. The number of esters is 2. The summed E-state index contributed by atoms with van der Waals surface area (Å²) in [5.41, 5.74) is -0.963. The van der Waals surface area contributed by atoms with Crippen LogP contribution < -0.4 is 0 Å². The minimum Gasteiger partial charge on any atom is -0.468 e. The zero-order valence-corrected chi connectivity index (χ0v) is 25.9. The van der Waals surface area contributed by atoms with Crippen LogP contribution in [0.25, 0.3) is 0 Å². The highest BCUT2D eigenvalue weighted by Crippen LogP contribution is 2.60. The van der Waals surface area contributed by atoms with Gasteiger partial charge in [0.25, 0.3) is 0 Å². The number of aromatic nitrogens is 4. The summed E-state index contributed by atoms with van der Waals surface area (Å²) in [7, 11) is 2.55. The summed E-state index contributed by atoms with van der Waals surface area (Å²) in [6, 6.07) is 20.4. The van der Waals surface area contributed by atoms with Gasteiger partial charge in [0, 0.05) is 75.2 Å². The number of likely N-dealkylation sites (tertiary alicyclic amines) is 2. The molecule has 11 heteroatoms. The molecular formula is C35H36N6O5. The number of Topliss-reactive ketones (excluding diaryl/α,β-unsaturated/α-hetero) is 1. The Labute approximate surface area is 267 Å². The van der Waals surface area contributed by atoms with Gasteiger partial charge in [0.1, 0.15) is 0 Å². The monoisotopic (exact) mass is 620 g/mol. The van der Waals surface area contributed by atoms with Gasteiger partial charge in [0.05, 0.1) is 37.7 Å². The van der Waals surface area contributed by atoms with Gasteiger partial charge in [-0.25, -0.2) is 0 Å². The smallest absolute Gasteiger partial charge is 0.322 e. The second kappa shape index (κ2) is 13.2. The standard InChI is InChI=1S/C35H36N6O5/c1-45-32(43)34-23-40(21-15-25-11-3-7-17-36-25)24-35(31(34)42,33(44)46-2)30(28-14-6-10-20-39-28)41(22-16-26-12-4-8-18-37-26)29(34)27-13-5-9-19-38-27/h3-14,17-20,29-30H,15-16,21-24H2,1-2H3. The normalized spacial score (nSPS) is 24.7. The number of fused-ring (bicyclic) bond motifs is 2. The van der Waals surface area contributed by atoms with Gasteiger partial charge in [-0.1, -0.05) is 24.3 Å². The van der Waals surface area contributed by atoms with Gasteiger partial charge in [0.15, 0.2) is 16.6 Å². The van der Waals surface area contributed by atoms with Crippen molar-refractivity contribution in [3.8, 4) is 0 Å². The fourth-order valence-corrected chi connectivity index (χ4v) is 7.29. The molecule has 4 atom stereocenters. The first-order valence-corrected chi connectivity index (χ1v) is 15.3. The van der Waals surface area contributed by atoms with Crippen LogP contribution in [-0.4, -0.2) is 87.9 Å². The van der Waals surface area contributed by atoms with Crippen molar-refractivity contribution in [3.05, 3.63) is 120 Å². The van der Waals surface area contributed by atoms with Crippen LogP contribution in [0.4, 0.5) is 0 Å². The molecule has 0 aliphatic carbocycles. The van der Waals surface area contributed by atoms with Gasteiger partial charge < -0.3 is 9.47 Å². The second-order valence-electron chi connectivity index (χ2n) is 11.7. The maximum absolute atomic E-state index is 15.3. The van der Waals surface area contributed by atoms with E-state index in [0.29, 0.717) is 37.3 Å². The number of carbonyl (C=O) groups excluding carboxylic acids is 3. The summed E-state index contributed by atoms with van der Waals surface area (Å²) in [6.07, 6.45) is 7.74. The van der Waals surface area contributed by atoms with Crippen molar-refractivity contribution in [3.63, 3.8) is 0 Å². The highest BCUT2D eigenvalue weighted by molar-refractivity contribution is 6.17. The van der Waals surface area contributed by atoms with Gasteiger partial charge in [-0.2, -0.15) is 0 Å². The Kier molecular flexibility index (Phi) is 8.96. The minimum atomic E-state index is -1.82. The molecule has 4 aromatic heterocycles. The van der Waals surface area contributed by atoms with Crippen LogP contribution in [0, 0.1) is 10.8 Å². The van der Waals surface area contributed by atoms with Crippen LogP contribution in [0.3, 0.4) is 0 Å². The van der Waals surface area contributed by atoms with Gasteiger partial charge in [-0.3, -0.25) is 44.1 Å². The highest BCUT2D eigenvalue weighted by Gasteiger charge is 2.75. The zero-order chi connectivity index (χ0) is 32.1. The largest absolute Gasteiger partial charge is 0.468 e. The average Bonchev–Trinajstić information content (AvgIpc) is 3.11. The lowest BCUT2D eigenvalue weighted by molar-refractivity contribution is -0.206. The lowest BCUT2D eigenvalue weighted by atomic mass is 9.54. The Hall–Kier alpha value is -4.87. The van der Waals surface area contributed by atoms with Crippen molar-refractivity contribution in [1.82, 2.24) is 29.7 Å². The minimum absolute atomic E-state index is 0.0142. The van der Waals surface area contributed by atoms with E-state index in [1.807, 2.05) is 70.5 Å². The Bertz CT molecular complexity index is 1580. The first-order valence-electron chi connectivity index (χ1n) is 15.3. The fraction of sp³-hybridized carbons (Fsp3) is 0.343. The van der Waals surface area contributed by atoms with Crippen LogP contribution in [0.1, 0.15) is 34.9 Å². The predicted octanol–water partition coefficient (Wildman–Crippen LogP) is 3.05. The summed E-state index contributed by atoms with van der Waals surface area (Å²) in [4.78, 5) is 66.4. The highest BCUT2D eigenvalue weighted by atomic mass is 16.5. The van der Waals surface area contributed by atoms with Crippen LogP contribution in [0.5, 0.6) is 0 Å². The molecule has 0 aromatic carbocycles. The van der Waals surface area contributed by atoms with Crippen LogP contribution in [0.15, 0.2) is 97.6 Å². The molecule has 4 aromatic rings. The van der Waals surface area contributed by atoms with Crippen LogP contribution in [-0.2, 0) is 36.7 Å². The second-order valence-corrected chi connectivity index (χ2v) is 11.7. The fourth-order valence-electron chi connectivity index (χ4n) is 7.29. The van der Waals surface area contributed by atoms with E-state index in [-0.39, 0.29) is 13.1 Å². The molecule has 2 saturated heterocycles. The third-order valence-electron chi connectivity index (χ3n) is 9.15. The van der Waals surface area contributed by atoms with Crippen LogP contribution >= 0.6 is 0 Å². The molecule has 2 aliphatic heterocycles. The summed E-state index contributed by atoms with van der Waals surface area (Å²) in [6.45, 7) is 0.790. The zero-order valence-electron chi connectivity index (χ0n) is 25.9. The number of pyridine rings is 4. The van der Waals surface area contributed by atoms with Gasteiger partial charge in [-0.05, 0) is 48.5 Å². The topological polar surface area (TPSA) is 128 Å². The molecule has 2 aliphatic rings. The molecule has 0 N–H and O–H groups in total. The molecule has 0 spiro atoms. The molecule has 2 fully saturated rings. The summed E-state index contributed by atoms with van der Waals surface area (Å²) in [5.74, 6) is -2.01. The summed E-state index contributed by atoms with van der Waals surface area (Å²) >= 11 is 0. The molecule has 11 nitrogen and oxygen atoms in total. The van der Waals surface area contributed by atoms with E-state index >= 15 is 4.79 Å². The van der Waals surface area contributed by atoms with E-state index in [4.69, 9.17) is 19.4 Å². The van der Waals surface area contributed by atoms with E-state index in [9.17, 15) is 9.59 Å². The number of rotatable bonds is 10. The number of carbonyl (C=O) groups is 3. The van der Waals surface area contributed by atoms with Crippen molar-refractivity contribution in [2.24, 2.45) is 10.8 Å². The quantitative estimate of drug-likeness (QED) is 0.192. The Morgan fingerprint density at radius 1 is 0.674 bits per heavy atom. The molecule has 236 valence electrons. The Balaban J connectivity index is 1.59. The first-order chi connectivity index (χ1) is 22.5. The Morgan fingerprint density at radius 2 is 1.11 bits per heavy atom. The van der Waals surface area contributed by atoms with Gasteiger partial charge in [0.2, 0.25) is 0 Å². The first kappa shape index (κ1) is 31.1. The van der Waals surface area contributed by atoms with Crippen molar-refractivity contribution in [2.75, 3.05) is 40.4 Å². The molecule has 0 saturated carbocycles. The molecule has 4 unspecified atom stereocenters. The van der Waals surface area contributed by atoms with Crippen LogP contribution in [0.2, 0.25) is 0 Å². The lowest BCUT2D eigenvalue weighted by Crippen LogP contribution is -2.76. The number of ether oxygens (including phenoxy) is 2. The van der Waals surface area contributed by atoms with Crippen molar-refractivity contribution >= 4 is 17.7 Å². The number of hydrogen-bond acceptors (Lipinski definition) is 11. The third kappa shape index (κ3) is 5.35. The van der Waals surface area contributed by atoms with E-state index in [1.54, 1.807) is 36.9 Å². The molecule has 0 amide bonds. The van der Waals surface area contributed by atoms with E-state index < -0.39 is 40.6 Å². The SMILES string of the molecule is COC(=O)C12CN(CCc3ccccn3)CC(C(=O)OC)(C1=O)C(c1ccccn1)N(CCc1ccccn1)C2c1ccccn1. The van der Waals surface area contributed by atoms with E-state index in [2.05, 4.69) is 9.97 Å². The van der Waals surface area contributed by atoms with Crippen molar-refractivity contribution in [2.45, 2.75) is 24.9 Å². The number of piperidine rings is 2. The maximum atomic E-state index is 15.3. The van der Waals surface area contributed by atoms with Crippen molar-refractivity contribution < 1.29 is 23.9 Å². The maximum Gasteiger partial charge on any atom is 0.322 e. The van der Waals surface area contributed by atoms with Gasteiger partial charge >= 0.3 is 11.9 Å². The summed E-state index contributed by atoms with van der Waals surface area (Å²) in [5, 5.41) is 0. The average molecular weight is 621 g/mol. The Morgan fingerprint density at radius 3 is 1.50 bits per heavy atom.